The lowest BCUT2D eigenvalue weighted by Gasteiger charge is -2.14. The van der Waals surface area contributed by atoms with Crippen molar-refractivity contribution >= 4 is 0 Å². The highest BCUT2D eigenvalue weighted by Gasteiger charge is 2.32. The lowest BCUT2D eigenvalue weighted by Crippen LogP contribution is -2.28. The second-order valence-corrected chi connectivity index (χ2v) is 3.67. The third-order valence-corrected chi connectivity index (χ3v) is 2.64. The molecule has 2 rings (SSSR count). The number of nitrogens with two attached hydrogens (primary N) is 1. The smallest absolute Gasteiger partial charge is 0.0917 e. The number of likely N-dealkylation sites (tertiary alicyclic amines) is 1. The largest absolute Gasteiger partial charge is 0.390 e. The minimum absolute atomic E-state index is 0.0801. The molecule has 1 aliphatic heterocycles. The molecule has 1 fully saturated rings. The zero-order chi connectivity index (χ0) is 9.97. The minimum Gasteiger partial charge on any atom is -0.390 e. The van der Waals surface area contributed by atoms with Gasteiger partial charge in [-0.1, -0.05) is 0 Å². The summed E-state index contributed by atoms with van der Waals surface area (Å²) in [6.45, 7) is 3.01. The Morgan fingerprint density at radius 1 is 1.50 bits per heavy atom. The summed E-state index contributed by atoms with van der Waals surface area (Å²) in [4.78, 5) is 2.16. The Bertz CT molecular complexity index is 274. The average Bonchev–Trinajstić information content (AvgIpc) is 2.74. The zero-order valence-electron chi connectivity index (χ0n) is 8.08. The van der Waals surface area contributed by atoms with E-state index in [1.54, 1.807) is 6.20 Å². The molecule has 0 amide bonds. The fourth-order valence-corrected chi connectivity index (χ4v) is 1.95. The Morgan fingerprint density at radius 2 is 2.36 bits per heavy atom. The van der Waals surface area contributed by atoms with Crippen molar-refractivity contribution in [2.24, 2.45) is 5.73 Å². The lowest BCUT2D eigenvalue weighted by molar-refractivity contribution is 0.139. The molecular formula is C9H16N4O. The molecule has 0 saturated carbocycles. The summed E-state index contributed by atoms with van der Waals surface area (Å²) in [5.74, 6) is 0. The Labute approximate surface area is 83.1 Å². The van der Waals surface area contributed by atoms with Crippen LogP contribution in [-0.2, 0) is 0 Å². The maximum atomic E-state index is 9.81. The van der Waals surface area contributed by atoms with E-state index in [4.69, 9.17) is 5.73 Å². The van der Waals surface area contributed by atoms with Gasteiger partial charge in [-0.05, 0) is 6.07 Å². The van der Waals surface area contributed by atoms with Gasteiger partial charge in [0.05, 0.1) is 12.1 Å². The van der Waals surface area contributed by atoms with Crippen molar-refractivity contribution in [3.63, 3.8) is 0 Å². The highest BCUT2D eigenvalue weighted by molar-refractivity contribution is 4.91. The number of nitrogens with zero attached hydrogens (tertiary/aromatic N) is 3. The first-order valence-electron chi connectivity index (χ1n) is 4.91. The van der Waals surface area contributed by atoms with Gasteiger partial charge in [0.15, 0.2) is 0 Å². The topological polar surface area (TPSA) is 67.3 Å². The fraction of sp³-hybridized carbons (Fsp3) is 0.667. The van der Waals surface area contributed by atoms with Crippen LogP contribution >= 0.6 is 0 Å². The first-order valence-corrected chi connectivity index (χ1v) is 4.91. The number of aromatic nitrogens is 2. The summed E-state index contributed by atoms with van der Waals surface area (Å²) < 4.78 is 1.82. The molecule has 0 bridgehead atoms. The van der Waals surface area contributed by atoms with E-state index in [0.29, 0.717) is 13.1 Å². The standard InChI is InChI=1S/C9H16N4O/c10-2-5-12-6-8(9(14)7-12)13-4-1-3-11-13/h1,3-4,8-9,14H,2,5-7,10H2/t8-,9-/m1/s1. The number of β-amino-alcohol motifs (C(OH)–C–C–N with tert-alkyl or cyclic N) is 1. The maximum Gasteiger partial charge on any atom is 0.0917 e. The van der Waals surface area contributed by atoms with Crippen molar-refractivity contribution in [1.29, 1.82) is 0 Å². The van der Waals surface area contributed by atoms with Crippen LogP contribution in [0.5, 0.6) is 0 Å². The molecule has 1 saturated heterocycles. The summed E-state index contributed by atoms with van der Waals surface area (Å²) in [5, 5.41) is 14.0. The van der Waals surface area contributed by atoms with E-state index in [9.17, 15) is 5.11 Å². The molecule has 3 N–H and O–H groups in total. The molecule has 1 aromatic rings. The fourth-order valence-electron chi connectivity index (χ4n) is 1.95. The van der Waals surface area contributed by atoms with E-state index in [1.807, 2.05) is 16.9 Å². The van der Waals surface area contributed by atoms with Crippen LogP contribution in [-0.4, -0.2) is 52.1 Å². The molecule has 1 aromatic heterocycles. The lowest BCUT2D eigenvalue weighted by atomic mass is 10.2. The van der Waals surface area contributed by atoms with Crippen LogP contribution in [0.4, 0.5) is 0 Å². The van der Waals surface area contributed by atoms with Crippen molar-refractivity contribution in [3.8, 4) is 0 Å². The van der Waals surface area contributed by atoms with Crippen LogP contribution in [0.1, 0.15) is 6.04 Å². The molecule has 78 valence electrons. The molecule has 0 aliphatic carbocycles. The Hall–Kier alpha value is -0.910. The quantitative estimate of drug-likeness (QED) is 0.654. The minimum atomic E-state index is -0.332. The molecule has 0 radical (unpaired) electrons. The van der Waals surface area contributed by atoms with Crippen molar-refractivity contribution in [2.45, 2.75) is 12.1 Å². The van der Waals surface area contributed by atoms with Gasteiger partial charge in [-0.2, -0.15) is 5.10 Å². The van der Waals surface area contributed by atoms with Crippen molar-refractivity contribution in [2.75, 3.05) is 26.2 Å². The van der Waals surface area contributed by atoms with Gasteiger partial charge in [0.25, 0.3) is 0 Å². The first kappa shape index (κ1) is 9.64. The molecule has 0 aromatic carbocycles. The molecule has 1 aliphatic rings. The SMILES string of the molecule is NCCN1C[C@@H](O)[C@H](n2cccn2)C1. The van der Waals surface area contributed by atoms with E-state index in [2.05, 4.69) is 10.00 Å². The summed E-state index contributed by atoms with van der Waals surface area (Å²) >= 11 is 0. The predicted octanol–water partition coefficient (Wildman–Crippen LogP) is -0.941. The number of rotatable bonds is 3. The molecule has 14 heavy (non-hydrogen) atoms. The van der Waals surface area contributed by atoms with Crippen molar-refractivity contribution in [1.82, 2.24) is 14.7 Å². The Balaban J connectivity index is 2.01. The first-order chi connectivity index (χ1) is 6.81. The van der Waals surface area contributed by atoms with E-state index in [1.165, 1.54) is 0 Å². The van der Waals surface area contributed by atoms with Gasteiger partial charge < -0.3 is 10.8 Å². The van der Waals surface area contributed by atoms with E-state index >= 15 is 0 Å². The highest BCUT2D eigenvalue weighted by atomic mass is 16.3. The predicted molar refractivity (Wildman–Crippen MR) is 52.8 cm³/mol. The molecule has 2 atom stereocenters. The average molecular weight is 196 g/mol. The third kappa shape index (κ3) is 1.79. The monoisotopic (exact) mass is 196 g/mol. The molecular weight excluding hydrogens is 180 g/mol. The van der Waals surface area contributed by atoms with Gasteiger partial charge in [0.1, 0.15) is 0 Å². The number of hydrogen-bond donors (Lipinski definition) is 2. The van der Waals surface area contributed by atoms with Crippen molar-refractivity contribution < 1.29 is 5.11 Å². The number of aliphatic hydroxyl groups excluding tert-OH is 1. The van der Waals surface area contributed by atoms with Gasteiger partial charge in [-0.15, -0.1) is 0 Å². The van der Waals surface area contributed by atoms with Crippen LogP contribution in [0.25, 0.3) is 0 Å². The summed E-state index contributed by atoms with van der Waals surface area (Å²) in [5.41, 5.74) is 5.47. The second-order valence-electron chi connectivity index (χ2n) is 3.67. The highest BCUT2D eigenvalue weighted by Crippen LogP contribution is 2.20. The summed E-state index contributed by atoms with van der Waals surface area (Å²) in [6.07, 6.45) is 3.29. The number of hydrogen-bond acceptors (Lipinski definition) is 4. The number of aliphatic hydroxyl groups is 1. The molecule has 0 spiro atoms. The summed E-state index contributed by atoms with van der Waals surface area (Å²) in [6, 6.07) is 1.95. The maximum absolute atomic E-state index is 9.81. The van der Waals surface area contributed by atoms with Gasteiger partial charge in [0.2, 0.25) is 0 Å². The van der Waals surface area contributed by atoms with Crippen LogP contribution < -0.4 is 5.73 Å². The van der Waals surface area contributed by atoms with Gasteiger partial charge in [-0.3, -0.25) is 9.58 Å². The van der Waals surface area contributed by atoms with E-state index < -0.39 is 0 Å². The van der Waals surface area contributed by atoms with Gasteiger partial charge in [-0.25, -0.2) is 0 Å². The van der Waals surface area contributed by atoms with Crippen LogP contribution in [0.15, 0.2) is 18.5 Å². The van der Waals surface area contributed by atoms with Gasteiger partial charge in [0, 0.05) is 38.6 Å². The Kier molecular flexibility index (Phi) is 2.81. The molecule has 5 heteroatoms. The van der Waals surface area contributed by atoms with Gasteiger partial charge >= 0.3 is 0 Å². The van der Waals surface area contributed by atoms with E-state index in [-0.39, 0.29) is 12.1 Å². The van der Waals surface area contributed by atoms with Crippen LogP contribution in [0.3, 0.4) is 0 Å². The Morgan fingerprint density at radius 3 is 3.00 bits per heavy atom. The van der Waals surface area contributed by atoms with Crippen LogP contribution in [0, 0.1) is 0 Å². The molecule has 5 nitrogen and oxygen atoms in total. The van der Waals surface area contributed by atoms with Crippen LogP contribution in [0.2, 0.25) is 0 Å². The normalized spacial score (nSPS) is 28.4. The zero-order valence-corrected chi connectivity index (χ0v) is 8.08. The molecule has 0 unspecified atom stereocenters. The van der Waals surface area contributed by atoms with E-state index in [0.717, 1.165) is 13.1 Å². The second kappa shape index (κ2) is 4.08. The third-order valence-electron chi connectivity index (χ3n) is 2.64. The van der Waals surface area contributed by atoms with Crippen molar-refractivity contribution in [3.05, 3.63) is 18.5 Å². The summed E-state index contributed by atoms with van der Waals surface area (Å²) in [7, 11) is 0. The molecule has 2 heterocycles.